The smallest absolute Gasteiger partial charge is 0.0262 e. The summed E-state index contributed by atoms with van der Waals surface area (Å²) in [5.74, 6) is 0. The van der Waals surface area contributed by atoms with Crippen molar-refractivity contribution in [1.29, 1.82) is 0 Å². The average molecular weight is 125 g/mol. The highest BCUT2D eigenvalue weighted by Crippen LogP contribution is 2.47. The predicted octanol–water partition coefficient (Wildman–Crippen LogP) is 2.31. The van der Waals surface area contributed by atoms with Crippen molar-refractivity contribution in [1.82, 2.24) is 6.15 Å². The lowest BCUT2D eigenvalue weighted by atomic mass is 10.4. The van der Waals surface area contributed by atoms with Gasteiger partial charge in [0.1, 0.15) is 0 Å². The van der Waals surface area contributed by atoms with Crippen LogP contribution in [0.15, 0.2) is 34.1 Å². The fraction of sp³-hybridized carbons (Fsp3) is 0. The molecule has 0 bridgehead atoms. The zero-order valence-corrected chi connectivity index (χ0v) is 5.24. The van der Waals surface area contributed by atoms with Crippen molar-refractivity contribution in [3.8, 4) is 0 Å². The first-order chi connectivity index (χ1) is 3.47. The molecule has 2 rings (SSSR count). The molecule has 1 aromatic rings. The summed E-state index contributed by atoms with van der Waals surface area (Å²) in [6, 6.07) is 8.41. The van der Waals surface area contributed by atoms with E-state index in [0.717, 1.165) is 0 Å². The van der Waals surface area contributed by atoms with E-state index < -0.39 is 0 Å². The van der Waals surface area contributed by atoms with Gasteiger partial charge in [0, 0.05) is 9.79 Å². The minimum Gasteiger partial charge on any atom is -0.344 e. The summed E-state index contributed by atoms with van der Waals surface area (Å²) in [6.07, 6.45) is 0. The Bertz CT molecular complexity index is 176. The Labute approximate surface area is 52.7 Å². The second kappa shape index (κ2) is 1.80. The molecule has 0 aromatic heterocycles. The van der Waals surface area contributed by atoms with Gasteiger partial charge in [-0.1, -0.05) is 23.9 Å². The van der Waals surface area contributed by atoms with Crippen LogP contribution < -0.4 is 6.15 Å². The normalized spacial score (nSPS) is 11.5. The molecule has 1 aliphatic rings. The van der Waals surface area contributed by atoms with Gasteiger partial charge in [-0.25, -0.2) is 0 Å². The van der Waals surface area contributed by atoms with E-state index >= 15 is 0 Å². The Kier molecular flexibility index (Phi) is 1.27. The molecule has 1 aromatic carbocycles. The molecule has 0 amide bonds. The monoisotopic (exact) mass is 125 g/mol. The van der Waals surface area contributed by atoms with Crippen molar-refractivity contribution >= 4 is 11.8 Å². The van der Waals surface area contributed by atoms with Gasteiger partial charge in [-0.05, 0) is 12.1 Å². The third kappa shape index (κ3) is 0.723. The van der Waals surface area contributed by atoms with Crippen LogP contribution in [0.5, 0.6) is 0 Å². The molecular weight excluding hydrogens is 118 g/mol. The molecule has 1 aliphatic heterocycles. The van der Waals surface area contributed by atoms with E-state index in [1.807, 2.05) is 11.8 Å². The highest BCUT2D eigenvalue weighted by Gasteiger charge is 2.14. The Balaban J connectivity index is 0.000000320. The molecule has 0 unspecified atom stereocenters. The third-order valence-corrected chi connectivity index (χ3v) is 1.98. The first kappa shape index (κ1) is 5.66. The molecule has 1 nitrogen and oxygen atoms in total. The van der Waals surface area contributed by atoms with Crippen LogP contribution in [0, 0.1) is 0 Å². The van der Waals surface area contributed by atoms with E-state index in [2.05, 4.69) is 24.3 Å². The van der Waals surface area contributed by atoms with Gasteiger partial charge in [-0.2, -0.15) is 0 Å². The number of rotatable bonds is 0. The van der Waals surface area contributed by atoms with E-state index in [0.29, 0.717) is 0 Å². The van der Waals surface area contributed by atoms with Crippen molar-refractivity contribution < 1.29 is 0 Å². The van der Waals surface area contributed by atoms with Crippen LogP contribution in [0.2, 0.25) is 0 Å². The molecule has 0 aliphatic carbocycles. The zero-order chi connectivity index (χ0) is 4.69. The summed E-state index contributed by atoms with van der Waals surface area (Å²) < 4.78 is 0. The third-order valence-electron chi connectivity index (χ3n) is 1.03. The van der Waals surface area contributed by atoms with Crippen LogP contribution >= 0.6 is 11.8 Å². The molecule has 8 heavy (non-hydrogen) atoms. The molecule has 3 N–H and O–H groups in total. The van der Waals surface area contributed by atoms with Gasteiger partial charge in [0.25, 0.3) is 0 Å². The summed E-state index contributed by atoms with van der Waals surface area (Å²) in [5.41, 5.74) is 0. The SMILES string of the molecule is N.c1ccc2c(c1)S2. The Morgan fingerprint density at radius 2 is 1.50 bits per heavy atom. The highest BCUT2D eigenvalue weighted by molar-refractivity contribution is 8.04. The number of hydrogen-bond donors (Lipinski definition) is 1. The standard InChI is InChI=1S/C6H4S.H3N/c1-2-4-6-5(3-1)7-6;/h1-4H;1H3. The van der Waals surface area contributed by atoms with E-state index in [9.17, 15) is 0 Å². The molecule has 0 fully saturated rings. The fourth-order valence-electron chi connectivity index (χ4n) is 0.611. The second-order valence-corrected chi connectivity index (χ2v) is 2.63. The Hall–Kier alpha value is -0.470. The summed E-state index contributed by atoms with van der Waals surface area (Å²) >= 11 is 1.86. The molecule has 2 heteroatoms. The molecular formula is C6H7NS. The van der Waals surface area contributed by atoms with Crippen LogP contribution in [-0.4, -0.2) is 0 Å². The van der Waals surface area contributed by atoms with Gasteiger partial charge in [0.2, 0.25) is 0 Å². The summed E-state index contributed by atoms with van der Waals surface area (Å²) in [5, 5.41) is 0. The van der Waals surface area contributed by atoms with Crippen molar-refractivity contribution in [2.24, 2.45) is 0 Å². The van der Waals surface area contributed by atoms with E-state index in [1.165, 1.54) is 9.79 Å². The second-order valence-electron chi connectivity index (χ2n) is 1.55. The van der Waals surface area contributed by atoms with Gasteiger partial charge >= 0.3 is 0 Å². The maximum absolute atomic E-state index is 2.14. The van der Waals surface area contributed by atoms with Crippen LogP contribution in [-0.2, 0) is 0 Å². The van der Waals surface area contributed by atoms with Crippen LogP contribution in [0.4, 0.5) is 0 Å². The highest BCUT2D eigenvalue weighted by atomic mass is 32.2. The summed E-state index contributed by atoms with van der Waals surface area (Å²) in [6.45, 7) is 0. The predicted molar refractivity (Wildman–Crippen MR) is 35.6 cm³/mol. The van der Waals surface area contributed by atoms with E-state index in [-0.39, 0.29) is 6.15 Å². The molecule has 42 valence electrons. The van der Waals surface area contributed by atoms with E-state index in [4.69, 9.17) is 0 Å². The molecule has 1 heterocycles. The Morgan fingerprint density at radius 3 is 1.88 bits per heavy atom. The number of fused-ring (bicyclic) bond motifs is 1. The molecule has 0 saturated heterocycles. The lowest BCUT2D eigenvalue weighted by Crippen LogP contribution is -1.46. The molecule has 0 spiro atoms. The van der Waals surface area contributed by atoms with Gasteiger partial charge in [0.15, 0.2) is 0 Å². The first-order valence-corrected chi connectivity index (χ1v) is 3.05. The zero-order valence-electron chi connectivity index (χ0n) is 4.42. The van der Waals surface area contributed by atoms with Crippen molar-refractivity contribution in [2.45, 2.75) is 9.79 Å². The summed E-state index contributed by atoms with van der Waals surface area (Å²) in [7, 11) is 0. The summed E-state index contributed by atoms with van der Waals surface area (Å²) in [4.78, 5) is 2.89. The van der Waals surface area contributed by atoms with Crippen molar-refractivity contribution in [3.63, 3.8) is 0 Å². The maximum Gasteiger partial charge on any atom is 0.0262 e. The van der Waals surface area contributed by atoms with Crippen LogP contribution in [0.1, 0.15) is 0 Å². The van der Waals surface area contributed by atoms with E-state index in [1.54, 1.807) is 0 Å². The average Bonchev–Trinajstić information content (AvgIpc) is 2.41. The number of benzene rings is 1. The number of hydrogen-bond acceptors (Lipinski definition) is 2. The van der Waals surface area contributed by atoms with Gasteiger partial charge in [0.05, 0.1) is 0 Å². The maximum atomic E-state index is 2.14. The minimum absolute atomic E-state index is 0. The lowest BCUT2D eigenvalue weighted by molar-refractivity contribution is 1.38. The lowest BCUT2D eigenvalue weighted by Gasteiger charge is -1.66. The molecule has 0 atom stereocenters. The van der Waals surface area contributed by atoms with Crippen LogP contribution in [0.25, 0.3) is 0 Å². The van der Waals surface area contributed by atoms with Crippen molar-refractivity contribution in [2.75, 3.05) is 0 Å². The minimum atomic E-state index is 0. The topological polar surface area (TPSA) is 35.0 Å². The van der Waals surface area contributed by atoms with Gasteiger partial charge < -0.3 is 6.15 Å². The molecule has 0 saturated carbocycles. The van der Waals surface area contributed by atoms with Gasteiger partial charge in [-0.15, -0.1) is 0 Å². The molecule has 0 radical (unpaired) electrons. The quantitative estimate of drug-likeness (QED) is 0.548. The Morgan fingerprint density at radius 1 is 1.00 bits per heavy atom. The van der Waals surface area contributed by atoms with Crippen LogP contribution in [0.3, 0.4) is 0 Å². The largest absolute Gasteiger partial charge is 0.344 e. The first-order valence-electron chi connectivity index (χ1n) is 2.24. The fourth-order valence-corrected chi connectivity index (χ4v) is 1.23. The van der Waals surface area contributed by atoms with Crippen molar-refractivity contribution in [3.05, 3.63) is 24.3 Å². The van der Waals surface area contributed by atoms with Gasteiger partial charge in [-0.3, -0.25) is 0 Å².